The zero-order valence-corrected chi connectivity index (χ0v) is 18.8. The van der Waals surface area contributed by atoms with Gasteiger partial charge in [-0.2, -0.15) is 0 Å². The lowest BCUT2D eigenvalue weighted by Gasteiger charge is -2.20. The summed E-state index contributed by atoms with van der Waals surface area (Å²) in [5, 5.41) is 3.27. The molecule has 0 fully saturated rings. The number of para-hydroxylation sites is 2. The Kier molecular flexibility index (Phi) is 6.05. The SMILES string of the molecule is COc1ccccc1N(C(C)=O)c1nc(CSc2nc3cc(Cl)ccc3s2)cs1. The molecule has 0 aliphatic heterocycles. The topological polar surface area (TPSA) is 55.3 Å². The van der Waals surface area contributed by atoms with Gasteiger partial charge in [-0.3, -0.25) is 9.69 Å². The summed E-state index contributed by atoms with van der Waals surface area (Å²) in [6, 6.07) is 13.1. The Bertz CT molecular complexity index is 1170. The molecule has 0 saturated carbocycles. The first-order valence-electron chi connectivity index (χ1n) is 8.62. The highest BCUT2D eigenvalue weighted by atomic mass is 35.5. The number of aromatic nitrogens is 2. The van der Waals surface area contributed by atoms with Crippen LogP contribution in [0.5, 0.6) is 5.75 Å². The lowest BCUT2D eigenvalue weighted by atomic mass is 10.2. The van der Waals surface area contributed by atoms with E-state index in [9.17, 15) is 4.79 Å². The summed E-state index contributed by atoms with van der Waals surface area (Å²) in [5.74, 6) is 1.18. The van der Waals surface area contributed by atoms with Crippen molar-refractivity contribution >= 4 is 73.0 Å². The number of hydrogen-bond acceptors (Lipinski definition) is 7. The maximum atomic E-state index is 12.3. The van der Waals surface area contributed by atoms with Crippen LogP contribution in [0.25, 0.3) is 10.2 Å². The number of amides is 1. The normalized spacial score (nSPS) is 11.0. The maximum Gasteiger partial charge on any atom is 0.230 e. The number of hydrogen-bond donors (Lipinski definition) is 0. The molecule has 9 heteroatoms. The Morgan fingerprint density at radius 3 is 2.86 bits per heavy atom. The van der Waals surface area contributed by atoms with Crippen LogP contribution in [0.4, 0.5) is 10.8 Å². The first-order chi connectivity index (χ1) is 14.0. The van der Waals surface area contributed by atoms with E-state index in [-0.39, 0.29) is 5.91 Å². The highest BCUT2D eigenvalue weighted by Gasteiger charge is 2.21. The third-order valence-corrected chi connectivity index (χ3v) is 7.37. The van der Waals surface area contributed by atoms with Gasteiger partial charge in [-0.1, -0.05) is 35.5 Å². The molecule has 2 aromatic carbocycles. The van der Waals surface area contributed by atoms with Crippen molar-refractivity contribution in [2.45, 2.75) is 17.0 Å². The summed E-state index contributed by atoms with van der Waals surface area (Å²) in [6.45, 7) is 1.52. The van der Waals surface area contributed by atoms with Crippen LogP contribution in [0.15, 0.2) is 52.2 Å². The van der Waals surface area contributed by atoms with E-state index < -0.39 is 0 Å². The fourth-order valence-electron chi connectivity index (χ4n) is 2.76. The standard InChI is InChI=1S/C20H16ClN3O2S3/c1-12(25)24(16-5-3-4-6-17(16)26-2)19-22-14(10-27-19)11-28-20-23-15-9-13(21)7-8-18(15)29-20/h3-10H,11H2,1-2H3. The number of halogens is 1. The zero-order valence-electron chi connectivity index (χ0n) is 15.6. The van der Waals surface area contributed by atoms with Gasteiger partial charge in [0.2, 0.25) is 5.91 Å². The van der Waals surface area contributed by atoms with Crippen molar-refractivity contribution in [2.75, 3.05) is 12.0 Å². The predicted molar refractivity (Wildman–Crippen MR) is 122 cm³/mol. The first kappa shape index (κ1) is 20.2. The Balaban J connectivity index is 1.53. The molecule has 0 aliphatic carbocycles. The number of carbonyl (C=O) groups excluding carboxylic acids is 1. The summed E-state index contributed by atoms with van der Waals surface area (Å²) in [4.78, 5) is 23.2. The highest BCUT2D eigenvalue weighted by molar-refractivity contribution is 8.00. The smallest absolute Gasteiger partial charge is 0.230 e. The summed E-state index contributed by atoms with van der Waals surface area (Å²) >= 11 is 10.7. The van der Waals surface area contributed by atoms with E-state index in [1.165, 1.54) is 18.3 Å². The third kappa shape index (κ3) is 4.40. The number of methoxy groups -OCH3 is 1. The lowest BCUT2D eigenvalue weighted by molar-refractivity contribution is -0.115. The molecule has 4 aromatic rings. The predicted octanol–water partition coefficient (Wildman–Crippen LogP) is 6.39. The quantitative estimate of drug-likeness (QED) is 0.311. The minimum absolute atomic E-state index is 0.119. The first-order valence-corrected chi connectivity index (χ1v) is 11.7. The Hall–Kier alpha value is -2.13. The van der Waals surface area contributed by atoms with Crippen molar-refractivity contribution in [3.8, 4) is 5.75 Å². The summed E-state index contributed by atoms with van der Waals surface area (Å²) < 4.78 is 7.48. The third-order valence-electron chi connectivity index (χ3n) is 4.05. The summed E-state index contributed by atoms with van der Waals surface area (Å²) in [5.41, 5.74) is 2.48. The fraction of sp³-hybridized carbons (Fsp3) is 0.150. The van der Waals surface area contributed by atoms with Gasteiger partial charge in [0.05, 0.1) is 28.7 Å². The Morgan fingerprint density at radius 1 is 1.24 bits per heavy atom. The van der Waals surface area contributed by atoms with E-state index >= 15 is 0 Å². The lowest BCUT2D eigenvalue weighted by Crippen LogP contribution is -2.23. The highest BCUT2D eigenvalue weighted by Crippen LogP contribution is 2.37. The van der Waals surface area contributed by atoms with Crippen molar-refractivity contribution in [3.63, 3.8) is 0 Å². The van der Waals surface area contributed by atoms with Crippen molar-refractivity contribution in [2.24, 2.45) is 0 Å². The van der Waals surface area contributed by atoms with E-state index in [2.05, 4.69) is 9.97 Å². The van der Waals surface area contributed by atoms with E-state index in [4.69, 9.17) is 16.3 Å². The van der Waals surface area contributed by atoms with Crippen LogP contribution < -0.4 is 9.64 Å². The van der Waals surface area contributed by atoms with Gasteiger partial charge in [0.25, 0.3) is 0 Å². The zero-order chi connectivity index (χ0) is 20.4. The fourth-order valence-corrected chi connectivity index (χ4v) is 5.86. The number of thioether (sulfide) groups is 1. The monoisotopic (exact) mass is 461 g/mol. The number of ether oxygens (including phenoxy) is 1. The van der Waals surface area contributed by atoms with Gasteiger partial charge >= 0.3 is 0 Å². The molecule has 5 nitrogen and oxygen atoms in total. The van der Waals surface area contributed by atoms with Crippen LogP contribution in [0, 0.1) is 0 Å². The molecule has 0 unspecified atom stereocenters. The molecule has 29 heavy (non-hydrogen) atoms. The van der Waals surface area contributed by atoms with Crippen LogP contribution in [0.1, 0.15) is 12.6 Å². The number of fused-ring (bicyclic) bond motifs is 1. The molecular weight excluding hydrogens is 446 g/mol. The van der Waals surface area contributed by atoms with Crippen molar-refractivity contribution < 1.29 is 9.53 Å². The minimum atomic E-state index is -0.119. The Morgan fingerprint density at radius 2 is 2.07 bits per heavy atom. The second-order valence-corrected chi connectivity index (χ2v) is 9.55. The maximum absolute atomic E-state index is 12.3. The van der Waals surface area contributed by atoms with Gasteiger partial charge < -0.3 is 4.74 Å². The van der Waals surface area contributed by atoms with Gasteiger partial charge in [0, 0.05) is 23.1 Å². The Labute approximate surface area is 185 Å². The average molecular weight is 462 g/mol. The minimum Gasteiger partial charge on any atom is -0.495 e. The van der Waals surface area contributed by atoms with Gasteiger partial charge in [0.15, 0.2) is 9.47 Å². The van der Waals surface area contributed by atoms with Gasteiger partial charge in [-0.15, -0.1) is 22.7 Å². The molecule has 2 heterocycles. The molecule has 2 aromatic heterocycles. The molecule has 0 radical (unpaired) electrons. The van der Waals surface area contributed by atoms with Crippen LogP contribution in [0.2, 0.25) is 5.02 Å². The number of thiazole rings is 2. The van der Waals surface area contributed by atoms with Crippen molar-refractivity contribution in [1.29, 1.82) is 0 Å². The second-order valence-electron chi connectivity index (χ2n) is 6.03. The second kappa shape index (κ2) is 8.71. The molecule has 148 valence electrons. The van der Waals surface area contributed by atoms with Crippen molar-refractivity contribution in [3.05, 3.63) is 58.6 Å². The summed E-state index contributed by atoms with van der Waals surface area (Å²) in [6.07, 6.45) is 0. The molecule has 4 rings (SSSR count). The van der Waals surface area contributed by atoms with Crippen LogP contribution >= 0.6 is 46.0 Å². The molecule has 0 bridgehead atoms. The average Bonchev–Trinajstić information content (AvgIpc) is 3.33. The number of nitrogens with zero attached hydrogens (tertiary/aromatic N) is 3. The summed E-state index contributed by atoms with van der Waals surface area (Å²) in [7, 11) is 1.59. The molecule has 0 atom stereocenters. The molecule has 0 saturated heterocycles. The van der Waals surface area contributed by atoms with Gasteiger partial charge in [-0.05, 0) is 30.3 Å². The number of anilines is 2. The van der Waals surface area contributed by atoms with Gasteiger partial charge in [-0.25, -0.2) is 9.97 Å². The number of rotatable bonds is 6. The molecule has 1 amide bonds. The molecule has 0 N–H and O–H groups in total. The number of benzene rings is 2. The molecule has 0 spiro atoms. The molecular formula is C20H16ClN3O2S3. The largest absolute Gasteiger partial charge is 0.495 e. The van der Waals surface area contributed by atoms with E-state index in [0.717, 1.165) is 20.3 Å². The van der Waals surface area contributed by atoms with Crippen LogP contribution in [-0.4, -0.2) is 23.0 Å². The van der Waals surface area contributed by atoms with E-state index in [1.54, 1.807) is 35.1 Å². The van der Waals surface area contributed by atoms with E-state index in [1.807, 2.05) is 47.8 Å². The number of carbonyl (C=O) groups is 1. The van der Waals surface area contributed by atoms with E-state index in [0.29, 0.717) is 27.3 Å². The molecule has 0 aliphatic rings. The van der Waals surface area contributed by atoms with Gasteiger partial charge in [0.1, 0.15) is 5.75 Å². The van der Waals surface area contributed by atoms with Crippen molar-refractivity contribution in [1.82, 2.24) is 9.97 Å². The van der Waals surface area contributed by atoms with Crippen LogP contribution in [0.3, 0.4) is 0 Å². The van der Waals surface area contributed by atoms with Crippen LogP contribution in [-0.2, 0) is 10.5 Å².